The van der Waals surface area contributed by atoms with Crippen molar-refractivity contribution in [3.8, 4) is 0 Å². The van der Waals surface area contributed by atoms with Gasteiger partial charge in [-0.2, -0.15) is 4.31 Å². The second-order valence-corrected chi connectivity index (χ2v) is 11.0. The molecule has 9 heteroatoms. The molecule has 0 saturated carbocycles. The fraction of sp³-hybridized carbons (Fsp3) is 0.680. The summed E-state index contributed by atoms with van der Waals surface area (Å²) in [6, 6.07) is 5.27. The van der Waals surface area contributed by atoms with Crippen molar-refractivity contribution in [1.82, 2.24) is 19.2 Å². The highest BCUT2D eigenvalue weighted by Gasteiger charge is 2.23. The molecule has 2 unspecified atom stereocenters. The molecule has 0 radical (unpaired) electrons. The second kappa shape index (κ2) is 12.1. The average molecular weight is 493 g/mol. The second-order valence-electron chi connectivity index (χ2n) is 9.10. The number of benzene rings is 1. The number of nitrogens with one attached hydrogen (secondary N) is 1. The smallest absolute Gasteiger partial charge is 0.243 e. The van der Waals surface area contributed by atoms with E-state index in [1.807, 2.05) is 26.8 Å². The molecule has 1 saturated heterocycles. The first-order valence-corrected chi connectivity index (χ1v) is 14.1. The zero-order chi connectivity index (χ0) is 24.7. The standard InChI is InChI=1S/C25H40N4O4S/c1-5-16-29-23-13-12-21(34(31,32)28(6-2)7-3)18-22(23)27-24(29)14-15-25(30)26-19(4)10-11-20-9-8-17-33-20/h12-13,18-20H,5-11,14-17H2,1-4H3,(H,26,30). The van der Waals surface area contributed by atoms with Gasteiger partial charge in [-0.25, -0.2) is 13.4 Å². The molecule has 2 aromatic rings. The molecule has 1 fully saturated rings. The Morgan fingerprint density at radius 1 is 1.29 bits per heavy atom. The molecule has 0 aliphatic carbocycles. The van der Waals surface area contributed by atoms with Gasteiger partial charge in [0.05, 0.1) is 22.0 Å². The molecule has 8 nitrogen and oxygen atoms in total. The summed E-state index contributed by atoms with van der Waals surface area (Å²) in [5.41, 5.74) is 1.56. The van der Waals surface area contributed by atoms with E-state index in [-0.39, 0.29) is 16.8 Å². The van der Waals surface area contributed by atoms with Gasteiger partial charge in [0.1, 0.15) is 5.82 Å². The van der Waals surface area contributed by atoms with Crippen molar-refractivity contribution in [2.24, 2.45) is 0 Å². The lowest BCUT2D eigenvalue weighted by Gasteiger charge is -2.18. The number of carbonyl (C=O) groups excluding carboxylic acids is 1. The van der Waals surface area contributed by atoms with Gasteiger partial charge in [-0.05, 0) is 57.2 Å². The van der Waals surface area contributed by atoms with Crippen molar-refractivity contribution in [1.29, 1.82) is 0 Å². The zero-order valence-electron chi connectivity index (χ0n) is 21.0. The van der Waals surface area contributed by atoms with Crippen LogP contribution in [0.3, 0.4) is 0 Å². The van der Waals surface area contributed by atoms with Gasteiger partial charge in [0.2, 0.25) is 15.9 Å². The number of imidazole rings is 1. The van der Waals surface area contributed by atoms with Gasteiger partial charge in [-0.15, -0.1) is 0 Å². The van der Waals surface area contributed by atoms with Crippen LogP contribution in [0.2, 0.25) is 0 Å². The van der Waals surface area contributed by atoms with Crippen LogP contribution in [0.1, 0.15) is 72.0 Å². The molecule has 3 rings (SSSR count). The third kappa shape index (κ3) is 6.37. The first-order chi connectivity index (χ1) is 16.3. The minimum Gasteiger partial charge on any atom is -0.378 e. The summed E-state index contributed by atoms with van der Waals surface area (Å²) in [5, 5.41) is 3.10. The van der Waals surface area contributed by atoms with Crippen molar-refractivity contribution >= 4 is 27.0 Å². The SMILES string of the molecule is CCCn1c(CCC(=O)NC(C)CCC2CCCO2)nc2cc(S(=O)(=O)N(CC)CC)ccc21. The molecule has 0 spiro atoms. The molecule has 1 aliphatic rings. The van der Waals surface area contributed by atoms with Gasteiger partial charge in [-0.1, -0.05) is 20.8 Å². The van der Waals surface area contributed by atoms with Crippen LogP contribution in [0.5, 0.6) is 0 Å². The summed E-state index contributed by atoms with van der Waals surface area (Å²) in [4.78, 5) is 17.6. The summed E-state index contributed by atoms with van der Waals surface area (Å²) in [5.74, 6) is 0.830. The van der Waals surface area contributed by atoms with E-state index in [1.165, 1.54) is 4.31 Å². The van der Waals surface area contributed by atoms with Crippen LogP contribution < -0.4 is 5.32 Å². The van der Waals surface area contributed by atoms with E-state index in [0.29, 0.717) is 37.6 Å². The Morgan fingerprint density at radius 2 is 2.06 bits per heavy atom. The van der Waals surface area contributed by atoms with E-state index in [0.717, 1.165) is 56.6 Å². The lowest BCUT2D eigenvalue weighted by atomic mass is 10.1. The highest BCUT2D eigenvalue weighted by molar-refractivity contribution is 7.89. The number of amides is 1. The number of rotatable bonds is 13. The number of carbonyl (C=O) groups is 1. The zero-order valence-corrected chi connectivity index (χ0v) is 21.9. The summed E-state index contributed by atoms with van der Waals surface area (Å²) >= 11 is 0. The maximum Gasteiger partial charge on any atom is 0.243 e. The van der Waals surface area contributed by atoms with Crippen LogP contribution in [-0.2, 0) is 32.5 Å². The fourth-order valence-electron chi connectivity index (χ4n) is 4.65. The Hall–Kier alpha value is -1.97. The van der Waals surface area contributed by atoms with Crippen LogP contribution in [0.15, 0.2) is 23.1 Å². The van der Waals surface area contributed by atoms with Gasteiger partial charge >= 0.3 is 0 Å². The maximum absolute atomic E-state index is 12.9. The minimum absolute atomic E-state index is 0.0137. The summed E-state index contributed by atoms with van der Waals surface area (Å²) in [6.07, 6.45) is 6.26. The number of aromatic nitrogens is 2. The summed E-state index contributed by atoms with van der Waals surface area (Å²) in [7, 11) is -3.55. The normalized spacial score (nSPS) is 17.5. The monoisotopic (exact) mass is 492 g/mol. The van der Waals surface area contributed by atoms with Crippen LogP contribution in [-0.4, -0.2) is 60.0 Å². The number of hydrogen-bond donors (Lipinski definition) is 1. The van der Waals surface area contributed by atoms with Crippen molar-refractivity contribution < 1.29 is 17.9 Å². The van der Waals surface area contributed by atoms with Gasteiger partial charge in [0, 0.05) is 45.1 Å². The molecular formula is C25H40N4O4S. The average Bonchev–Trinajstić information content (AvgIpc) is 3.45. The van der Waals surface area contributed by atoms with Crippen LogP contribution >= 0.6 is 0 Å². The number of nitrogens with zero attached hydrogens (tertiary/aromatic N) is 3. The largest absolute Gasteiger partial charge is 0.378 e. The molecule has 1 aliphatic heterocycles. The van der Waals surface area contributed by atoms with E-state index in [4.69, 9.17) is 9.72 Å². The van der Waals surface area contributed by atoms with Crippen molar-refractivity contribution in [2.45, 2.75) is 96.2 Å². The molecule has 2 atom stereocenters. The first-order valence-electron chi connectivity index (χ1n) is 12.7. The van der Waals surface area contributed by atoms with E-state index in [1.54, 1.807) is 12.1 Å². The Labute approximate surface area is 204 Å². The van der Waals surface area contributed by atoms with Crippen molar-refractivity contribution in [3.63, 3.8) is 0 Å². The van der Waals surface area contributed by atoms with Crippen LogP contribution in [0.4, 0.5) is 0 Å². The van der Waals surface area contributed by atoms with E-state index in [2.05, 4.69) is 16.8 Å². The van der Waals surface area contributed by atoms with E-state index < -0.39 is 10.0 Å². The number of sulfonamides is 1. The first kappa shape index (κ1) is 26.6. The van der Waals surface area contributed by atoms with Crippen molar-refractivity contribution in [3.05, 3.63) is 24.0 Å². The molecule has 1 amide bonds. The Kier molecular flexibility index (Phi) is 9.50. The van der Waals surface area contributed by atoms with E-state index >= 15 is 0 Å². The van der Waals surface area contributed by atoms with Crippen LogP contribution in [0, 0.1) is 0 Å². The molecule has 1 aromatic carbocycles. The molecular weight excluding hydrogens is 452 g/mol. The van der Waals surface area contributed by atoms with E-state index in [9.17, 15) is 13.2 Å². The maximum atomic E-state index is 12.9. The van der Waals surface area contributed by atoms with Crippen LogP contribution in [0.25, 0.3) is 11.0 Å². The number of aryl methyl sites for hydroxylation is 2. The third-order valence-electron chi connectivity index (χ3n) is 6.52. The van der Waals surface area contributed by atoms with Gasteiger partial charge in [0.25, 0.3) is 0 Å². The summed E-state index contributed by atoms with van der Waals surface area (Å²) in [6.45, 7) is 10.3. The molecule has 190 valence electrons. The molecule has 0 bridgehead atoms. The van der Waals surface area contributed by atoms with Crippen molar-refractivity contribution in [2.75, 3.05) is 19.7 Å². The number of ether oxygens (including phenoxy) is 1. The highest BCUT2D eigenvalue weighted by Crippen LogP contribution is 2.24. The minimum atomic E-state index is -3.55. The topological polar surface area (TPSA) is 93.5 Å². The van der Waals surface area contributed by atoms with Gasteiger partial charge < -0.3 is 14.6 Å². The summed E-state index contributed by atoms with van der Waals surface area (Å²) < 4.78 is 35.1. The Balaban J connectivity index is 1.68. The predicted molar refractivity (Wildman–Crippen MR) is 134 cm³/mol. The molecule has 1 aromatic heterocycles. The highest BCUT2D eigenvalue weighted by atomic mass is 32.2. The predicted octanol–water partition coefficient (Wildman–Crippen LogP) is 3.87. The number of hydrogen-bond acceptors (Lipinski definition) is 5. The molecule has 1 N–H and O–H groups in total. The molecule has 2 heterocycles. The quantitative estimate of drug-likeness (QED) is 0.458. The lowest BCUT2D eigenvalue weighted by molar-refractivity contribution is -0.121. The number of fused-ring (bicyclic) bond motifs is 1. The Bertz CT molecular complexity index is 1060. The molecule has 34 heavy (non-hydrogen) atoms. The fourth-order valence-corrected chi connectivity index (χ4v) is 6.13. The lowest BCUT2D eigenvalue weighted by Crippen LogP contribution is -2.33. The Morgan fingerprint density at radius 3 is 2.71 bits per heavy atom. The van der Waals surface area contributed by atoms with Gasteiger partial charge in [0.15, 0.2) is 0 Å². The van der Waals surface area contributed by atoms with Gasteiger partial charge in [-0.3, -0.25) is 4.79 Å². The third-order valence-corrected chi connectivity index (χ3v) is 8.56.